The molecule has 23 heavy (non-hydrogen) atoms. The Morgan fingerprint density at radius 1 is 0.957 bits per heavy atom. The van der Waals surface area contributed by atoms with E-state index in [-0.39, 0.29) is 12.0 Å². The van der Waals surface area contributed by atoms with E-state index in [1.54, 1.807) is 13.8 Å². The fraction of sp³-hybridized carbons (Fsp3) is 0.611. The quantitative estimate of drug-likeness (QED) is 0.827. The molecule has 1 rings (SSSR count). The number of hydrogen-bond acceptors (Lipinski definition) is 3. The first-order valence-electron chi connectivity index (χ1n) is 8.15. The lowest BCUT2D eigenvalue weighted by atomic mass is 9.93. The second-order valence-corrected chi connectivity index (χ2v) is 9.52. The maximum absolute atomic E-state index is 12.1. The van der Waals surface area contributed by atoms with Crippen LogP contribution in [0, 0.1) is 5.92 Å². The molecule has 0 aliphatic carbocycles. The highest BCUT2D eigenvalue weighted by atomic mass is 32.2. The van der Waals surface area contributed by atoms with Gasteiger partial charge in [-0.3, -0.25) is 4.79 Å². The van der Waals surface area contributed by atoms with Crippen LogP contribution in [0.4, 0.5) is 0 Å². The number of hydrogen-bond donors (Lipinski definition) is 1. The summed E-state index contributed by atoms with van der Waals surface area (Å²) in [5, 5.41) is 2.33. The van der Waals surface area contributed by atoms with Crippen LogP contribution in [-0.2, 0) is 14.6 Å². The summed E-state index contributed by atoms with van der Waals surface area (Å²) in [7, 11) is -3.38. The lowest BCUT2D eigenvalue weighted by Gasteiger charge is -2.23. The molecule has 1 unspecified atom stereocenters. The summed E-state index contributed by atoms with van der Waals surface area (Å²) in [6.45, 7) is 11.5. The maximum atomic E-state index is 12.1. The van der Waals surface area contributed by atoms with Crippen LogP contribution in [0.3, 0.4) is 0 Å². The molecule has 0 saturated heterocycles. The van der Waals surface area contributed by atoms with Gasteiger partial charge in [0.15, 0.2) is 9.84 Å². The summed E-state index contributed by atoms with van der Waals surface area (Å²) in [5.74, 6) is -0.277. The van der Waals surface area contributed by atoms with Crippen LogP contribution in [0.15, 0.2) is 24.3 Å². The predicted molar refractivity (Wildman–Crippen MR) is 95.2 cm³/mol. The Bertz CT molecular complexity index is 616. The Kier molecular flexibility index (Phi) is 6.81. The Balaban J connectivity index is 2.89. The number of carbonyl (C=O) groups excluding carboxylic acids is 1. The van der Waals surface area contributed by atoms with Crippen molar-refractivity contribution in [2.75, 3.05) is 5.75 Å². The zero-order valence-corrected chi connectivity index (χ0v) is 15.8. The molecular formula is C18H29NO3S. The zero-order valence-electron chi connectivity index (χ0n) is 15.0. The molecule has 0 bridgehead atoms. The molecule has 1 aromatic carbocycles. The van der Waals surface area contributed by atoms with E-state index >= 15 is 0 Å². The van der Waals surface area contributed by atoms with Crippen LogP contribution in [0.25, 0.3) is 0 Å². The predicted octanol–water partition coefficient (Wildman–Crippen LogP) is 3.45. The molecule has 1 aromatic rings. The van der Waals surface area contributed by atoms with Crippen molar-refractivity contribution >= 4 is 15.7 Å². The summed E-state index contributed by atoms with van der Waals surface area (Å²) in [5.41, 5.74) is 2.24. The molecule has 4 nitrogen and oxygen atoms in total. The summed E-state index contributed by atoms with van der Waals surface area (Å²) in [6.07, 6.45) is 0. The van der Waals surface area contributed by atoms with Gasteiger partial charge in [-0.15, -0.1) is 0 Å². The van der Waals surface area contributed by atoms with Crippen LogP contribution in [0.1, 0.15) is 64.6 Å². The van der Waals surface area contributed by atoms with E-state index in [1.165, 1.54) is 5.56 Å². The van der Waals surface area contributed by atoms with Gasteiger partial charge in [0, 0.05) is 0 Å². The van der Waals surface area contributed by atoms with Crippen molar-refractivity contribution in [3.8, 4) is 0 Å². The van der Waals surface area contributed by atoms with Crippen molar-refractivity contribution in [2.24, 2.45) is 5.92 Å². The van der Waals surface area contributed by atoms with Gasteiger partial charge in [-0.2, -0.15) is 0 Å². The Morgan fingerprint density at radius 3 is 1.83 bits per heavy atom. The molecule has 0 saturated carbocycles. The molecule has 0 aliphatic heterocycles. The Morgan fingerprint density at radius 2 is 1.43 bits per heavy atom. The fourth-order valence-corrected chi connectivity index (χ4v) is 3.07. The van der Waals surface area contributed by atoms with Gasteiger partial charge in [-0.25, -0.2) is 8.42 Å². The van der Waals surface area contributed by atoms with Gasteiger partial charge in [0.1, 0.15) is 5.75 Å². The first-order chi connectivity index (χ1) is 10.5. The highest BCUT2D eigenvalue weighted by Gasteiger charge is 2.24. The Hall–Kier alpha value is -1.36. The van der Waals surface area contributed by atoms with Crippen LogP contribution in [0.5, 0.6) is 0 Å². The van der Waals surface area contributed by atoms with E-state index < -0.39 is 26.7 Å². The van der Waals surface area contributed by atoms with Gasteiger partial charge in [-0.05, 0) is 36.8 Å². The normalized spacial score (nSPS) is 13.6. The zero-order chi connectivity index (χ0) is 17.8. The maximum Gasteiger partial charge on any atom is 0.235 e. The molecule has 1 amide bonds. The average Bonchev–Trinajstić information content (AvgIpc) is 2.44. The van der Waals surface area contributed by atoms with Gasteiger partial charge in [0.25, 0.3) is 0 Å². The van der Waals surface area contributed by atoms with Crippen molar-refractivity contribution in [3.05, 3.63) is 35.4 Å². The summed E-state index contributed by atoms with van der Waals surface area (Å²) < 4.78 is 23.8. The smallest absolute Gasteiger partial charge is 0.235 e. The lowest BCUT2D eigenvalue weighted by Crippen LogP contribution is -2.37. The van der Waals surface area contributed by atoms with Crippen molar-refractivity contribution in [3.63, 3.8) is 0 Å². The molecule has 0 fully saturated rings. The molecule has 5 heteroatoms. The lowest BCUT2D eigenvalue weighted by molar-refractivity contribution is -0.119. The van der Waals surface area contributed by atoms with Gasteiger partial charge < -0.3 is 5.32 Å². The second kappa shape index (κ2) is 7.95. The number of amides is 1. The minimum Gasteiger partial charge on any atom is -0.348 e. The molecule has 0 aliphatic rings. The second-order valence-electron chi connectivity index (χ2n) is 6.97. The average molecular weight is 340 g/mol. The largest absolute Gasteiger partial charge is 0.348 e. The molecule has 0 heterocycles. The van der Waals surface area contributed by atoms with Crippen LogP contribution < -0.4 is 5.32 Å². The van der Waals surface area contributed by atoms with Gasteiger partial charge in [-0.1, -0.05) is 52.0 Å². The number of nitrogens with one attached hydrogen (secondary N) is 1. The molecular weight excluding hydrogens is 310 g/mol. The van der Waals surface area contributed by atoms with E-state index in [9.17, 15) is 13.2 Å². The number of carbonyl (C=O) groups is 1. The monoisotopic (exact) mass is 339 g/mol. The summed E-state index contributed by atoms with van der Waals surface area (Å²) in [4.78, 5) is 12.1. The number of sulfone groups is 1. The summed E-state index contributed by atoms with van der Waals surface area (Å²) in [6, 6.07) is 7.96. The number of rotatable bonds is 7. The standard InChI is InChI=1S/C18H29NO3S/c1-12(2)15-7-9-16(10-8-15)18(13(3)4)19-17(20)11-23(21,22)14(5)6/h7-10,12-14,18H,11H2,1-6H3,(H,19,20). The molecule has 0 radical (unpaired) electrons. The minimum absolute atomic E-state index is 0.172. The van der Waals surface area contributed by atoms with E-state index in [4.69, 9.17) is 0 Å². The van der Waals surface area contributed by atoms with Crippen LogP contribution >= 0.6 is 0 Å². The van der Waals surface area contributed by atoms with Gasteiger partial charge in [0.05, 0.1) is 11.3 Å². The van der Waals surface area contributed by atoms with E-state index in [1.807, 2.05) is 26.0 Å². The van der Waals surface area contributed by atoms with E-state index in [2.05, 4.69) is 31.3 Å². The topological polar surface area (TPSA) is 63.2 Å². The number of benzene rings is 1. The molecule has 130 valence electrons. The van der Waals surface area contributed by atoms with Gasteiger partial charge in [0.2, 0.25) is 5.91 Å². The SMILES string of the molecule is CC(C)c1ccc(C(NC(=O)CS(=O)(=O)C(C)C)C(C)C)cc1. The fourth-order valence-electron chi connectivity index (χ4n) is 2.29. The molecule has 0 spiro atoms. The molecule has 0 aromatic heterocycles. The van der Waals surface area contributed by atoms with E-state index in [0.29, 0.717) is 5.92 Å². The van der Waals surface area contributed by atoms with Crippen LogP contribution in [0.2, 0.25) is 0 Å². The third-order valence-electron chi connectivity index (χ3n) is 4.00. The van der Waals surface area contributed by atoms with Crippen molar-refractivity contribution in [1.82, 2.24) is 5.32 Å². The van der Waals surface area contributed by atoms with Crippen molar-refractivity contribution < 1.29 is 13.2 Å². The first kappa shape index (κ1) is 19.7. The first-order valence-corrected chi connectivity index (χ1v) is 9.87. The van der Waals surface area contributed by atoms with Crippen LogP contribution in [-0.4, -0.2) is 25.3 Å². The Labute approximate surface area is 140 Å². The van der Waals surface area contributed by atoms with Crippen molar-refractivity contribution in [2.45, 2.75) is 58.8 Å². The summed E-state index contributed by atoms with van der Waals surface area (Å²) >= 11 is 0. The minimum atomic E-state index is -3.38. The highest BCUT2D eigenvalue weighted by Crippen LogP contribution is 2.24. The van der Waals surface area contributed by atoms with E-state index in [0.717, 1.165) is 5.56 Å². The molecule has 1 atom stereocenters. The molecule has 1 N–H and O–H groups in total. The highest BCUT2D eigenvalue weighted by molar-refractivity contribution is 7.92. The van der Waals surface area contributed by atoms with Crippen molar-refractivity contribution in [1.29, 1.82) is 0 Å². The van der Waals surface area contributed by atoms with Gasteiger partial charge >= 0.3 is 0 Å². The third-order valence-corrected chi connectivity index (χ3v) is 6.10. The third kappa shape index (κ3) is 5.65.